The molecule has 0 spiro atoms. The highest BCUT2D eigenvalue weighted by Crippen LogP contribution is 2.23. The Kier molecular flexibility index (Phi) is 4.95. The molecule has 126 valence electrons. The number of hydrogen-bond acceptors (Lipinski definition) is 4. The molecule has 1 aromatic heterocycles. The van der Waals surface area contributed by atoms with Crippen molar-refractivity contribution in [2.45, 2.75) is 13.5 Å². The molecule has 5 heteroatoms. The zero-order valence-corrected chi connectivity index (χ0v) is 13.9. The first kappa shape index (κ1) is 16.5. The van der Waals surface area contributed by atoms with Gasteiger partial charge in [-0.2, -0.15) is 0 Å². The van der Waals surface area contributed by atoms with Crippen molar-refractivity contribution >= 4 is 11.7 Å². The van der Waals surface area contributed by atoms with Gasteiger partial charge in [-0.25, -0.2) is 4.98 Å². The average molecular weight is 333 g/mol. The van der Waals surface area contributed by atoms with Gasteiger partial charge in [0, 0.05) is 12.7 Å². The Morgan fingerprint density at radius 2 is 1.84 bits per heavy atom. The highest BCUT2D eigenvalue weighted by Gasteiger charge is 2.09. The van der Waals surface area contributed by atoms with E-state index in [0.29, 0.717) is 12.1 Å². The summed E-state index contributed by atoms with van der Waals surface area (Å²) in [6, 6.07) is 18.8. The van der Waals surface area contributed by atoms with Crippen LogP contribution in [0.5, 0.6) is 11.5 Å². The number of nitrogens with two attached hydrogens (primary N) is 1. The van der Waals surface area contributed by atoms with Gasteiger partial charge < -0.3 is 15.8 Å². The number of nitrogens with one attached hydrogen (secondary N) is 1. The number of aromatic nitrogens is 1. The highest BCUT2D eigenvalue weighted by molar-refractivity contribution is 5.98. The van der Waals surface area contributed by atoms with E-state index >= 15 is 0 Å². The Balaban J connectivity index is 1.66. The monoisotopic (exact) mass is 333 g/mol. The molecule has 0 aliphatic rings. The lowest BCUT2D eigenvalue weighted by atomic mass is 10.2. The SMILES string of the molecule is Cc1cccc(Oc2cccc(CNC(=O)c3cccnc3N)c2)c1. The maximum absolute atomic E-state index is 12.2. The summed E-state index contributed by atoms with van der Waals surface area (Å²) in [5.74, 6) is 1.47. The van der Waals surface area contributed by atoms with E-state index in [-0.39, 0.29) is 11.7 Å². The van der Waals surface area contributed by atoms with Gasteiger partial charge >= 0.3 is 0 Å². The molecule has 0 aliphatic heterocycles. The van der Waals surface area contributed by atoms with Crippen molar-refractivity contribution in [3.8, 4) is 11.5 Å². The Morgan fingerprint density at radius 3 is 2.60 bits per heavy atom. The van der Waals surface area contributed by atoms with Crippen molar-refractivity contribution < 1.29 is 9.53 Å². The number of rotatable bonds is 5. The molecule has 0 atom stereocenters. The van der Waals surface area contributed by atoms with E-state index in [9.17, 15) is 4.79 Å². The molecule has 3 aromatic rings. The van der Waals surface area contributed by atoms with Crippen molar-refractivity contribution in [2.24, 2.45) is 0 Å². The summed E-state index contributed by atoms with van der Waals surface area (Å²) in [4.78, 5) is 16.1. The van der Waals surface area contributed by atoms with Crippen LogP contribution in [0.2, 0.25) is 0 Å². The van der Waals surface area contributed by atoms with Gasteiger partial charge in [0.1, 0.15) is 17.3 Å². The number of hydrogen-bond donors (Lipinski definition) is 2. The summed E-state index contributed by atoms with van der Waals surface area (Å²) in [7, 11) is 0. The molecule has 0 unspecified atom stereocenters. The molecule has 3 rings (SSSR count). The molecule has 5 nitrogen and oxygen atoms in total. The summed E-state index contributed by atoms with van der Waals surface area (Å²) in [6.45, 7) is 2.39. The molecule has 0 radical (unpaired) electrons. The van der Waals surface area contributed by atoms with Gasteiger partial charge in [0.2, 0.25) is 0 Å². The van der Waals surface area contributed by atoms with Crippen molar-refractivity contribution in [1.82, 2.24) is 10.3 Å². The Hall–Kier alpha value is -3.34. The van der Waals surface area contributed by atoms with Crippen LogP contribution in [0.4, 0.5) is 5.82 Å². The smallest absolute Gasteiger partial charge is 0.255 e. The van der Waals surface area contributed by atoms with Gasteiger partial charge in [-0.3, -0.25) is 4.79 Å². The van der Waals surface area contributed by atoms with Crippen molar-refractivity contribution in [3.63, 3.8) is 0 Å². The van der Waals surface area contributed by atoms with Gasteiger partial charge in [0.15, 0.2) is 0 Å². The topological polar surface area (TPSA) is 77.2 Å². The minimum Gasteiger partial charge on any atom is -0.457 e. The van der Waals surface area contributed by atoms with Crippen molar-refractivity contribution in [1.29, 1.82) is 0 Å². The van der Waals surface area contributed by atoms with E-state index in [2.05, 4.69) is 10.3 Å². The van der Waals surface area contributed by atoms with Crippen LogP contribution in [0.15, 0.2) is 66.9 Å². The number of amides is 1. The quantitative estimate of drug-likeness (QED) is 0.746. The number of nitrogens with zero attached hydrogens (tertiary/aromatic N) is 1. The number of pyridine rings is 1. The summed E-state index contributed by atoms with van der Waals surface area (Å²) in [5.41, 5.74) is 8.16. The molecular formula is C20H19N3O2. The Bertz CT molecular complexity index is 893. The van der Waals surface area contributed by atoms with Crippen molar-refractivity contribution in [3.05, 3.63) is 83.6 Å². The predicted octanol–water partition coefficient (Wildman–Crippen LogP) is 3.69. The van der Waals surface area contributed by atoms with Crippen LogP contribution in [-0.4, -0.2) is 10.9 Å². The van der Waals surface area contributed by atoms with Gasteiger partial charge in [-0.15, -0.1) is 0 Å². The lowest BCUT2D eigenvalue weighted by Gasteiger charge is -2.10. The van der Waals surface area contributed by atoms with E-state index < -0.39 is 0 Å². The summed E-state index contributed by atoms with van der Waals surface area (Å²) < 4.78 is 5.87. The number of carbonyl (C=O) groups is 1. The van der Waals surface area contributed by atoms with Gasteiger partial charge in [0.05, 0.1) is 5.56 Å². The average Bonchev–Trinajstić information content (AvgIpc) is 2.60. The number of nitrogen functional groups attached to an aromatic ring is 1. The fraction of sp³-hybridized carbons (Fsp3) is 0.100. The number of carbonyl (C=O) groups excluding carboxylic acids is 1. The first-order chi connectivity index (χ1) is 12.1. The maximum Gasteiger partial charge on any atom is 0.255 e. The van der Waals surface area contributed by atoms with E-state index in [1.54, 1.807) is 18.3 Å². The maximum atomic E-state index is 12.2. The van der Waals surface area contributed by atoms with Gasteiger partial charge in [0.25, 0.3) is 5.91 Å². The molecule has 1 amide bonds. The zero-order valence-electron chi connectivity index (χ0n) is 13.9. The fourth-order valence-electron chi connectivity index (χ4n) is 2.42. The number of ether oxygens (including phenoxy) is 1. The Morgan fingerprint density at radius 1 is 1.08 bits per heavy atom. The molecule has 0 saturated carbocycles. The standard InChI is InChI=1S/C20H19N3O2/c1-14-5-2-7-16(11-14)25-17-8-3-6-15(12-17)13-23-20(24)18-9-4-10-22-19(18)21/h2-12H,13H2,1H3,(H2,21,22)(H,23,24). The molecule has 1 heterocycles. The lowest BCUT2D eigenvalue weighted by molar-refractivity contribution is 0.0951. The number of benzene rings is 2. The fourth-order valence-corrected chi connectivity index (χ4v) is 2.42. The molecule has 25 heavy (non-hydrogen) atoms. The second-order valence-corrected chi connectivity index (χ2v) is 5.68. The van der Waals surface area contributed by atoms with Crippen LogP contribution in [-0.2, 0) is 6.54 Å². The van der Waals surface area contributed by atoms with Gasteiger partial charge in [-0.05, 0) is 54.4 Å². The molecule has 3 N–H and O–H groups in total. The first-order valence-corrected chi connectivity index (χ1v) is 7.94. The molecule has 0 fully saturated rings. The normalized spacial score (nSPS) is 10.3. The third-order valence-electron chi connectivity index (χ3n) is 3.66. The van der Waals surface area contributed by atoms with E-state index in [1.165, 1.54) is 0 Å². The molecular weight excluding hydrogens is 314 g/mol. The minimum atomic E-state index is -0.254. The zero-order chi connectivity index (χ0) is 17.6. The largest absolute Gasteiger partial charge is 0.457 e. The second kappa shape index (κ2) is 7.49. The third-order valence-corrected chi connectivity index (χ3v) is 3.66. The van der Waals surface area contributed by atoms with E-state index in [0.717, 1.165) is 22.6 Å². The third kappa shape index (κ3) is 4.35. The van der Waals surface area contributed by atoms with Crippen LogP contribution >= 0.6 is 0 Å². The highest BCUT2D eigenvalue weighted by atomic mass is 16.5. The lowest BCUT2D eigenvalue weighted by Crippen LogP contribution is -2.24. The predicted molar refractivity (Wildman–Crippen MR) is 97.5 cm³/mol. The summed E-state index contributed by atoms with van der Waals surface area (Å²) >= 11 is 0. The van der Waals surface area contributed by atoms with E-state index in [1.807, 2.05) is 55.5 Å². The van der Waals surface area contributed by atoms with Gasteiger partial charge in [-0.1, -0.05) is 24.3 Å². The number of anilines is 1. The van der Waals surface area contributed by atoms with E-state index in [4.69, 9.17) is 10.5 Å². The minimum absolute atomic E-state index is 0.219. The molecule has 0 bridgehead atoms. The molecule has 0 aliphatic carbocycles. The van der Waals surface area contributed by atoms with Crippen LogP contribution in [0.3, 0.4) is 0 Å². The van der Waals surface area contributed by atoms with Crippen molar-refractivity contribution in [2.75, 3.05) is 5.73 Å². The number of aryl methyl sites for hydroxylation is 1. The molecule has 2 aromatic carbocycles. The summed E-state index contributed by atoms with van der Waals surface area (Å²) in [6.07, 6.45) is 1.55. The van der Waals surface area contributed by atoms with Crippen LogP contribution in [0.25, 0.3) is 0 Å². The van der Waals surface area contributed by atoms with Crippen LogP contribution in [0.1, 0.15) is 21.5 Å². The van der Waals surface area contributed by atoms with Crippen LogP contribution in [0, 0.1) is 6.92 Å². The second-order valence-electron chi connectivity index (χ2n) is 5.68. The Labute approximate surface area is 146 Å². The summed E-state index contributed by atoms with van der Waals surface area (Å²) in [5, 5.41) is 2.84. The molecule has 0 saturated heterocycles. The first-order valence-electron chi connectivity index (χ1n) is 7.94. The van der Waals surface area contributed by atoms with Crippen LogP contribution < -0.4 is 15.8 Å².